The summed E-state index contributed by atoms with van der Waals surface area (Å²) in [5.74, 6) is 0.744. The van der Waals surface area contributed by atoms with Gasteiger partial charge in [0.2, 0.25) is 5.91 Å². The van der Waals surface area contributed by atoms with E-state index in [9.17, 15) is 23.7 Å². The van der Waals surface area contributed by atoms with E-state index in [2.05, 4.69) is 10.2 Å². The quantitative estimate of drug-likeness (QED) is 0.0838. The molecule has 1 rings (SSSR count). The zero-order chi connectivity index (χ0) is 23.5. The number of carbonyl (C=O) groups excluding carboxylic acids is 1. The minimum absolute atomic E-state index is 0. The van der Waals surface area contributed by atoms with Crippen LogP contribution in [0.15, 0.2) is 24.3 Å². The van der Waals surface area contributed by atoms with Gasteiger partial charge in [0.15, 0.2) is 0 Å². The first kappa shape index (κ1) is 36.5. The summed E-state index contributed by atoms with van der Waals surface area (Å²) in [5.41, 5.74) is 2.09. The third kappa shape index (κ3) is 15.3. The minimum Gasteiger partial charge on any atom is -0.810 e. The fourth-order valence-corrected chi connectivity index (χ4v) is 5.91. The van der Waals surface area contributed by atoms with Crippen molar-refractivity contribution in [3.63, 3.8) is 0 Å². The Hall–Kier alpha value is 1.37. The summed E-state index contributed by atoms with van der Waals surface area (Å²) in [6, 6.07) is 7.93. The maximum Gasteiger partial charge on any atom is 1.00 e. The molecule has 0 saturated heterocycles. The summed E-state index contributed by atoms with van der Waals surface area (Å²) in [6.45, 7) is 1.43. The van der Waals surface area contributed by atoms with Crippen LogP contribution < -0.4 is 79.1 Å². The van der Waals surface area contributed by atoms with E-state index in [4.69, 9.17) is 33.0 Å². The molecule has 1 unspecified atom stereocenters. The van der Waals surface area contributed by atoms with Crippen LogP contribution in [-0.2, 0) is 20.3 Å². The van der Waals surface area contributed by atoms with Gasteiger partial charge in [-0.25, -0.2) is 0 Å². The van der Waals surface area contributed by atoms with Crippen molar-refractivity contribution in [2.75, 3.05) is 36.3 Å². The number of aryl methyl sites for hydroxylation is 1. The summed E-state index contributed by atoms with van der Waals surface area (Å²) >= 11 is 11.6. The predicted molar refractivity (Wildman–Crippen MR) is 119 cm³/mol. The molecule has 0 fully saturated rings. The maximum absolute atomic E-state index is 11.9. The summed E-state index contributed by atoms with van der Waals surface area (Å²) < 4.78 is 22.1. The molecule has 0 aromatic heterocycles. The van der Waals surface area contributed by atoms with Crippen molar-refractivity contribution >= 4 is 50.0 Å². The Bertz CT molecular complexity index is 754. The molecule has 0 radical (unpaired) electrons. The third-order valence-corrected chi connectivity index (χ3v) is 8.71. The van der Waals surface area contributed by atoms with E-state index in [1.807, 2.05) is 24.3 Å². The van der Waals surface area contributed by atoms with Gasteiger partial charge in [0.25, 0.3) is 0 Å². The normalized spacial score (nSPS) is 12.3. The Morgan fingerprint density at radius 3 is 2.03 bits per heavy atom. The number of amides is 1. The van der Waals surface area contributed by atoms with Gasteiger partial charge in [-0.2, -0.15) is 0 Å². The molecule has 1 aromatic carbocycles. The van der Waals surface area contributed by atoms with Crippen LogP contribution in [0.2, 0.25) is 0 Å². The number of benzene rings is 1. The predicted octanol–water partition coefficient (Wildman–Crippen LogP) is -4.38. The minimum atomic E-state index is -5.42. The number of halogens is 2. The smallest absolute Gasteiger partial charge is 0.810 e. The van der Waals surface area contributed by atoms with E-state index in [1.165, 1.54) is 0 Å². The Balaban J connectivity index is 0. The Labute approximate surface area is 249 Å². The summed E-state index contributed by atoms with van der Waals surface area (Å²) in [6.07, 6.45) is 0.994. The number of anilines is 1. The molecule has 1 amide bonds. The second kappa shape index (κ2) is 18.6. The van der Waals surface area contributed by atoms with Crippen LogP contribution >= 0.6 is 38.4 Å². The molecule has 0 spiro atoms. The number of hydrogen-bond acceptors (Lipinski definition) is 6. The largest absolute Gasteiger partial charge is 1.00 e. The van der Waals surface area contributed by atoms with E-state index in [0.717, 1.165) is 11.3 Å². The van der Waals surface area contributed by atoms with Gasteiger partial charge in [-0.1, -0.05) is 19.7 Å². The second-order valence-corrected chi connectivity index (χ2v) is 11.7. The van der Waals surface area contributed by atoms with Gasteiger partial charge in [0.05, 0.1) is 5.40 Å². The van der Waals surface area contributed by atoms with Gasteiger partial charge in [-0.3, -0.25) is 9.36 Å². The monoisotopic (exact) mass is 562 g/mol. The van der Waals surface area contributed by atoms with Crippen LogP contribution in [0.25, 0.3) is 0 Å². The number of nitrogens with one attached hydrogen (secondary N) is 1. The molecule has 0 aliphatic carbocycles. The molecule has 1 atom stereocenters. The Morgan fingerprint density at radius 2 is 1.58 bits per heavy atom. The average molecular weight is 563 g/mol. The van der Waals surface area contributed by atoms with Gasteiger partial charge in [-0.05, 0) is 43.4 Å². The van der Waals surface area contributed by atoms with Gasteiger partial charge in [-0.15, -0.1) is 23.2 Å². The maximum atomic E-state index is 11.9. The standard InChI is InChI=1S/C18H30Cl2N2O7P2.2Na/c19-10-13-22(14-11-20)16-8-6-15(7-9-16)3-1-4-17(23)21-12-2-5-18(30(24,25)26)31(27,28)29;;/h6-9,18H,1-5,10-14H2,(H,21,23)(H2,24,25,26)(H2,27,28,29);;/q;2*+1/p-2. The number of hydrogen-bond donors (Lipinski definition) is 3. The van der Waals surface area contributed by atoms with Crippen LogP contribution in [0, 0.1) is 0 Å². The first-order valence-corrected chi connectivity index (χ1v) is 14.1. The summed E-state index contributed by atoms with van der Waals surface area (Å²) in [5, 5.41) is 0.302. The average Bonchev–Trinajstić information content (AvgIpc) is 2.66. The molecule has 0 bridgehead atoms. The van der Waals surface area contributed by atoms with E-state index in [-0.39, 0.29) is 84.4 Å². The van der Waals surface area contributed by atoms with Crippen LogP contribution in [0.3, 0.4) is 0 Å². The van der Waals surface area contributed by atoms with Gasteiger partial charge in [0, 0.05) is 43.5 Å². The fourth-order valence-electron chi connectivity index (χ4n) is 3.01. The van der Waals surface area contributed by atoms with E-state index in [0.29, 0.717) is 37.7 Å². The molecule has 178 valence electrons. The van der Waals surface area contributed by atoms with E-state index >= 15 is 0 Å². The topological polar surface area (TPSA) is 153 Å². The first-order chi connectivity index (χ1) is 14.5. The molecule has 0 saturated carbocycles. The van der Waals surface area contributed by atoms with Crippen LogP contribution in [0.1, 0.15) is 31.2 Å². The molecule has 15 heteroatoms. The van der Waals surface area contributed by atoms with Crippen LogP contribution in [0.4, 0.5) is 5.69 Å². The molecule has 3 N–H and O–H groups in total. The van der Waals surface area contributed by atoms with Crippen molar-refractivity contribution in [3.8, 4) is 0 Å². The van der Waals surface area contributed by atoms with Crippen molar-refractivity contribution in [2.24, 2.45) is 0 Å². The molecule has 0 heterocycles. The summed E-state index contributed by atoms with van der Waals surface area (Å²) in [7, 11) is -10.5. The SMILES string of the molecule is O=C(CCCc1ccc(N(CCCl)CCCl)cc1)NCCCC(P(=O)([O-])[O-])P(=O)(O)O.[Na+].[Na+]. The van der Waals surface area contributed by atoms with Gasteiger partial charge < -0.3 is 34.4 Å². The molecular formula is C18H28Cl2N2Na2O7P2. The Kier molecular flexibility index (Phi) is 20.6. The van der Waals surface area contributed by atoms with Crippen molar-refractivity contribution in [1.82, 2.24) is 5.32 Å². The molecule has 0 aliphatic rings. The second-order valence-electron chi connectivity index (χ2n) is 6.99. The number of rotatable bonds is 15. The van der Waals surface area contributed by atoms with Crippen LogP contribution in [0.5, 0.6) is 0 Å². The Morgan fingerprint density at radius 1 is 1.03 bits per heavy atom. The number of nitrogens with zero attached hydrogens (tertiary/aromatic N) is 1. The first-order valence-electron chi connectivity index (χ1n) is 9.78. The zero-order valence-corrected chi connectivity index (χ0v) is 26.3. The molecule has 1 aromatic rings. The van der Waals surface area contributed by atoms with Gasteiger partial charge >= 0.3 is 66.7 Å². The summed E-state index contributed by atoms with van der Waals surface area (Å²) in [4.78, 5) is 53.9. The van der Waals surface area contributed by atoms with Crippen LogP contribution in [-0.4, -0.2) is 52.5 Å². The van der Waals surface area contributed by atoms with Crippen molar-refractivity contribution in [2.45, 2.75) is 37.5 Å². The van der Waals surface area contributed by atoms with Crippen molar-refractivity contribution in [3.05, 3.63) is 29.8 Å². The van der Waals surface area contributed by atoms with Crippen molar-refractivity contribution in [1.29, 1.82) is 0 Å². The van der Waals surface area contributed by atoms with Gasteiger partial charge in [0.1, 0.15) is 0 Å². The fraction of sp³-hybridized carbons (Fsp3) is 0.611. The third-order valence-electron chi connectivity index (χ3n) is 4.59. The van der Waals surface area contributed by atoms with E-state index < -0.39 is 27.0 Å². The molecule has 9 nitrogen and oxygen atoms in total. The van der Waals surface area contributed by atoms with E-state index in [1.54, 1.807) is 0 Å². The molecule has 33 heavy (non-hydrogen) atoms. The number of alkyl halides is 2. The molecule has 0 aliphatic heterocycles. The zero-order valence-electron chi connectivity index (χ0n) is 19.0. The number of carbonyl (C=O) groups is 1. The van der Waals surface area contributed by atoms with Crippen molar-refractivity contribution < 1.29 is 92.6 Å². The molecular weight excluding hydrogens is 535 g/mol.